The van der Waals surface area contributed by atoms with Crippen molar-refractivity contribution >= 4 is 22.2 Å². The number of aryl methyl sites for hydroxylation is 2. The summed E-state index contributed by atoms with van der Waals surface area (Å²) in [6, 6.07) is 12.8. The predicted octanol–water partition coefficient (Wildman–Crippen LogP) is 4.58. The average Bonchev–Trinajstić information content (AvgIpc) is 2.83. The van der Waals surface area contributed by atoms with E-state index in [9.17, 15) is 0 Å². The van der Waals surface area contributed by atoms with Gasteiger partial charge in [0.05, 0.1) is 16.1 Å². The summed E-state index contributed by atoms with van der Waals surface area (Å²) < 4.78 is 0. The van der Waals surface area contributed by atoms with Gasteiger partial charge in [-0.05, 0) is 49.1 Å². The van der Waals surface area contributed by atoms with Gasteiger partial charge in [0, 0.05) is 5.39 Å². The Morgan fingerprint density at radius 1 is 1.06 bits per heavy atom. The van der Waals surface area contributed by atoms with Crippen molar-refractivity contribution in [1.82, 2.24) is 4.98 Å². The fraction of sp³-hybridized carbons (Fsp3) is 0.133. The smallest absolute Gasteiger partial charge is 0.0812 e. The van der Waals surface area contributed by atoms with Crippen LogP contribution in [-0.2, 0) is 0 Å². The fourth-order valence-electron chi connectivity index (χ4n) is 2.06. The van der Waals surface area contributed by atoms with Gasteiger partial charge in [0.1, 0.15) is 0 Å². The maximum atomic E-state index is 4.73. The van der Waals surface area contributed by atoms with E-state index in [0.29, 0.717) is 0 Å². The van der Waals surface area contributed by atoms with Gasteiger partial charge in [-0.2, -0.15) is 0 Å². The van der Waals surface area contributed by atoms with E-state index in [2.05, 4.69) is 55.6 Å². The van der Waals surface area contributed by atoms with E-state index in [1.54, 1.807) is 11.3 Å². The number of benzene rings is 1. The monoisotopic (exact) mass is 239 g/mol. The van der Waals surface area contributed by atoms with Crippen molar-refractivity contribution in [2.75, 3.05) is 0 Å². The average molecular weight is 239 g/mol. The lowest BCUT2D eigenvalue weighted by atomic mass is 10.1. The third kappa shape index (κ3) is 1.85. The second-order valence-corrected chi connectivity index (χ2v) is 5.27. The number of thiophene rings is 1. The molecular formula is C15H13NS. The van der Waals surface area contributed by atoms with E-state index < -0.39 is 0 Å². The van der Waals surface area contributed by atoms with E-state index in [1.165, 1.54) is 21.4 Å². The maximum absolute atomic E-state index is 4.73. The lowest BCUT2D eigenvalue weighted by molar-refractivity contribution is 1.36. The highest BCUT2D eigenvalue weighted by molar-refractivity contribution is 7.13. The number of rotatable bonds is 1. The van der Waals surface area contributed by atoms with Crippen molar-refractivity contribution in [3.63, 3.8) is 0 Å². The Morgan fingerprint density at radius 3 is 2.71 bits per heavy atom. The highest BCUT2D eigenvalue weighted by Gasteiger charge is 2.05. The van der Waals surface area contributed by atoms with Gasteiger partial charge in [-0.15, -0.1) is 11.3 Å². The lowest BCUT2D eigenvalue weighted by Gasteiger charge is -2.06. The standard InChI is InChI=1S/C15H13NS/c1-10-5-6-13-12(8-10)11(2)9-14(16-13)15-4-3-7-17-15/h3-9H,1-2H3. The number of hydrogen-bond donors (Lipinski definition) is 0. The minimum atomic E-state index is 1.08. The van der Waals surface area contributed by atoms with Gasteiger partial charge in [0.15, 0.2) is 0 Å². The number of aromatic nitrogens is 1. The van der Waals surface area contributed by atoms with Crippen LogP contribution in [0.2, 0.25) is 0 Å². The molecule has 84 valence electrons. The van der Waals surface area contributed by atoms with Crippen molar-refractivity contribution in [3.8, 4) is 10.6 Å². The first-order valence-corrected chi connectivity index (χ1v) is 6.54. The van der Waals surface area contributed by atoms with E-state index in [0.717, 1.165) is 11.2 Å². The molecule has 2 heteroatoms. The van der Waals surface area contributed by atoms with E-state index >= 15 is 0 Å². The van der Waals surface area contributed by atoms with E-state index in [-0.39, 0.29) is 0 Å². The lowest BCUT2D eigenvalue weighted by Crippen LogP contribution is -1.87. The summed E-state index contributed by atoms with van der Waals surface area (Å²) in [4.78, 5) is 5.96. The molecule has 0 unspecified atom stereocenters. The molecule has 0 aliphatic heterocycles. The third-order valence-corrected chi connectivity index (χ3v) is 3.84. The number of hydrogen-bond acceptors (Lipinski definition) is 2. The first kappa shape index (κ1) is 10.5. The van der Waals surface area contributed by atoms with Gasteiger partial charge in [0.2, 0.25) is 0 Å². The van der Waals surface area contributed by atoms with Gasteiger partial charge in [-0.25, -0.2) is 4.98 Å². The molecule has 0 aliphatic carbocycles. The van der Waals surface area contributed by atoms with Crippen LogP contribution in [0.15, 0.2) is 41.8 Å². The maximum Gasteiger partial charge on any atom is 0.0812 e. The molecule has 1 nitrogen and oxygen atoms in total. The van der Waals surface area contributed by atoms with Crippen LogP contribution < -0.4 is 0 Å². The highest BCUT2D eigenvalue weighted by atomic mass is 32.1. The summed E-state index contributed by atoms with van der Waals surface area (Å²) in [5.74, 6) is 0. The van der Waals surface area contributed by atoms with Crippen LogP contribution in [-0.4, -0.2) is 4.98 Å². The van der Waals surface area contributed by atoms with Crippen molar-refractivity contribution in [2.24, 2.45) is 0 Å². The topological polar surface area (TPSA) is 12.9 Å². The summed E-state index contributed by atoms with van der Waals surface area (Å²) in [7, 11) is 0. The Kier molecular flexibility index (Phi) is 2.45. The molecule has 0 fully saturated rings. The first-order valence-electron chi connectivity index (χ1n) is 5.66. The Hall–Kier alpha value is -1.67. The Labute approximate surface area is 105 Å². The predicted molar refractivity (Wildman–Crippen MR) is 74.5 cm³/mol. The van der Waals surface area contributed by atoms with Crippen LogP contribution in [0.25, 0.3) is 21.5 Å². The van der Waals surface area contributed by atoms with Gasteiger partial charge in [-0.1, -0.05) is 17.7 Å². The molecule has 0 saturated carbocycles. The van der Waals surface area contributed by atoms with Crippen molar-refractivity contribution in [2.45, 2.75) is 13.8 Å². The van der Waals surface area contributed by atoms with Crippen LogP contribution in [0.1, 0.15) is 11.1 Å². The summed E-state index contributed by atoms with van der Waals surface area (Å²) in [5.41, 5.74) is 4.74. The SMILES string of the molecule is Cc1ccc2nc(-c3cccs3)cc(C)c2c1. The second-order valence-electron chi connectivity index (χ2n) is 4.32. The largest absolute Gasteiger partial charge is 0.247 e. The zero-order chi connectivity index (χ0) is 11.8. The molecule has 0 atom stereocenters. The Balaban J connectivity index is 2.28. The highest BCUT2D eigenvalue weighted by Crippen LogP contribution is 2.27. The summed E-state index contributed by atoms with van der Waals surface area (Å²) in [5, 5.41) is 3.34. The molecule has 2 aromatic heterocycles. The number of nitrogens with zero attached hydrogens (tertiary/aromatic N) is 1. The van der Waals surface area contributed by atoms with Crippen LogP contribution in [0, 0.1) is 13.8 Å². The van der Waals surface area contributed by atoms with Crippen LogP contribution in [0.5, 0.6) is 0 Å². The second kappa shape index (κ2) is 3.97. The summed E-state index contributed by atoms with van der Waals surface area (Å²) in [6.07, 6.45) is 0. The molecule has 0 saturated heterocycles. The molecule has 0 spiro atoms. The van der Waals surface area contributed by atoms with Crippen LogP contribution in [0.4, 0.5) is 0 Å². The molecule has 17 heavy (non-hydrogen) atoms. The first-order chi connectivity index (χ1) is 8.24. The van der Waals surface area contributed by atoms with E-state index in [4.69, 9.17) is 4.98 Å². The molecule has 0 N–H and O–H groups in total. The van der Waals surface area contributed by atoms with Gasteiger partial charge < -0.3 is 0 Å². The molecule has 3 aromatic rings. The van der Waals surface area contributed by atoms with Gasteiger partial charge in [0.25, 0.3) is 0 Å². The Morgan fingerprint density at radius 2 is 1.94 bits per heavy atom. The number of pyridine rings is 1. The molecule has 2 heterocycles. The van der Waals surface area contributed by atoms with Crippen molar-refractivity contribution in [1.29, 1.82) is 0 Å². The molecule has 0 radical (unpaired) electrons. The minimum Gasteiger partial charge on any atom is -0.247 e. The molecule has 0 bridgehead atoms. The molecule has 0 amide bonds. The number of fused-ring (bicyclic) bond motifs is 1. The molecule has 1 aromatic carbocycles. The van der Waals surface area contributed by atoms with Crippen LogP contribution >= 0.6 is 11.3 Å². The van der Waals surface area contributed by atoms with Gasteiger partial charge >= 0.3 is 0 Å². The van der Waals surface area contributed by atoms with Crippen LogP contribution in [0.3, 0.4) is 0 Å². The normalized spacial score (nSPS) is 10.9. The zero-order valence-corrected chi connectivity index (χ0v) is 10.7. The quantitative estimate of drug-likeness (QED) is 0.605. The Bertz CT molecular complexity index is 669. The fourth-order valence-corrected chi connectivity index (χ4v) is 2.74. The summed E-state index contributed by atoms with van der Waals surface area (Å²) >= 11 is 1.73. The van der Waals surface area contributed by atoms with Crippen molar-refractivity contribution in [3.05, 3.63) is 52.9 Å². The van der Waals surface area contributed by atoms with Crippen molar-refractivity contribution < 1.29 is 0 Å². The molecule has 0 aliphatic rings. The third-order valence-electron chi connectivity index (χ3n) is 2.94. The molecular weight excluding hydrogens is 226 g/mol. The minimum absolute atomic E-state index is 1.08. The zero-order valence-electron chi connectivity index (χ0n) is 9.90. The molecule has 3 rings (SSSR count). The van der Waals surface area contributed by atoms with Gasteiger partial charge in [-0.3, -0.25) is 0 Å². The summed E-state index contributed by atoms with van der Waals surface area (Å²) in [6.45, 7) is 4.27. The van der Waals surface area contributed by atoms with E-state index in [1.807, 2.05) is 0 Å².